The molecule has 0 radical (unpaired) electrons. The number of H-pyrrole nitrogens is 1. The van der Waals surface area contributed by atoms with Gasteiger partial charge >= 0.3 is 0 Å². The molecule has 0 saturated heterocycles. The van der Waals surface area contributed by atoms with Crippen molar-refractivity contribution in [3.05, 3.63) is 46.0 Å². The number of hydrogen-bond acceptors (Lipinski definition) is 7. The topological polar surface area (TPSA) is 109 Å². The van der Waals surface area contributed by atoms with Gasteiger partial charge in [0.2, 0.25) is 0 Å². The van der Waals surface area contributed by atoms with Crippen molar-refractivity contribution in [2.45, 2.75) is 64.6 Å². The maximum Gasteiger partial charge on any atom is 0.252 e. The number of ether oxygens (including phenoxy) is 1. The minimum atomic E-state index is -0.123. The van der Waals surface area contributed by atoms with Gasteiger partial charge in [0.25, 0.3) is 5.56 Å². The summed E-state index contributed by atoms with van der Waals surface area (Å²) in [4.78, 5) is 18.2. The first kappa shape index (κ1) is 23.4. The second kappa shape index (κ2) is 10.4. The van der Waals surface area contributed by atoms with Gasteiger partial charge in [-0.15, -0.1) is 5.10 Å². The standard InChI is InChI=1S/C24H34N6O3/c1-16(2)22(23-26-27-28-30(23)19-7-4-5-8-19)29(11-6-12-31)15-18-13-17-9-10-20(33-3)14-21(17)25-24(18)32/h9-10,13-14,16,19,22,31H,4-8,11-12,15H2,1-3H3,(H,25,32)/t22-/m1/s1. The van der Waals surface area contributed by atoms with Crippen LogP contribution in [0.25, 0.3) is 10.9 Å². The van der Waals surface area contributed by atoms with E-state index in [4.69, 9.17) is 4.74 Å². The van der Waals surface area contributed by atoms with E-state index in [0.29, 0.717) is 36.9 Å². The van der Waals surface area contributed by atoms with Crippen LogP contribution in [0.2, 0.25) is 0 Å². The molecule has 0 bridgehead atoms. The lowest BCUT2D eigenvalue weighted by Crippen LogP contribution is -2.37. The average molecular weight is 455 g/mol. The molecule has 1 aliphatic carbocycles. The van der Waals surface area contributed by atoms with Crippen molar-refractivity contribution in [1.82, 2.24) is 30.1 Å². The zero-order valence-electron chi connectivity index (χ0n) is 19.7. The molecule has 0 spiro atoms. The third-order valence-corrected chi connectivity index (χ3v) is 6.59. The summed E-state index contributed by atoms with van der Waals surface area (Å²) in [5.41, 5.74) is 1.30. The van der Waals surface area contributed by atoms with Gasteiger partial charge in [-0.1, -0.05) is 26.7 Å². The van der Waals surface area contributed by atoms with E-state index in [2.05, 4.69) is 39.3 Å². The molecule has 178 valence electrons. The van der Waals surface area contributed by atoms with Crippen LogP contribution in [0, 0.1) is 5.92 Å². The third kappa shape index (κ3) is 5.09. The summed E-state index contributed by atoms with van der Waals surface area (Å²) in [5.74, 6) is 1.77. The molecule has 1 aliphatic rings. The monoisotopic (exact) mass is 454 g/mol. The number of fused-ring (bicyclic) bond motifs is 1. The number of aromatic amines is 1. The number of aliphatic hydroxyl groups is 1. The molecule has 33 heavy (non-hydrogen) atoms. The molecule has 0 unspecified atom stereocenters. The van der Waals surface area contributed by atoms with Crippen LogP contribution in [0.1, 0.15) is 69.4 Å². The van der Waals surface area contributed by atoms with Crippen molar-refractivity contribution in [2.75, 3.05) is 20.3 Å². The van der Waals surface area contributed by atoms with Crippen molar-refractivity contribution in [3.8, 4) is 5.75 Å². The highest BCUT2D eigenvalue weighted by atomic mass is 16.5. The van der Waals surface area contributed by atoms with Crippen molar-refractivity contribution >= 4 is 10.9 Å². The number of tetrazole rings is 1. The predicted octanol–water partition coefficient (Wildman–Crippen LogP) is 3.22. The van der Waals surface area contributed by atoms with Crippen molar-refractivity contribution in [3.63, 3.8) is 0 Å². The van der Waals surface area contributed by atoms with Gasteiger partial charge in [0, 0.05) is 31.3 Å². The maximum atomic E-state index is 13.0. The van der Waals surface area contributed by atoms with Crippen molar-refractivity contribution < 1.29 is 9.84 Å². The Morgan fingerprint density at radius 2 is 2.06 bits per heavy atom. The second-order valence-corrected chi connectivity index (χ2v) is 9.23. The van der Waals surface area contributed by atoms with E-state index in [1.54, 1.807) is 7.11 Å². The molecule has 2 N–H and O–H groups in total. The zero-order chi connectivity index (χ0) is 23.4. The minimum Gasteiger partial charge on any atom is -0.497 e. The van der Waals surface area contributed by atoms with Crippen LogP contribution in [-0.4, -0.2) is 55.5 Å². The average Bonchev–Trinajstić information content (AvgIpc) is 3.49. The Bertz CT molecular complexity index is 1120. The van der Waals surface area contributed by atoms with E-state index < -0.39 is 0 Å². The van der Waals surface area contributed by atoms with Gasteiger partial charge in [-0.05, 0) is 59.2 Å². The first-order valence-corrected chi connectivity index (χ1v) is 11.8. The van der Waals surface area contributed by atoms with E-state index in [9.17, 15) is 9.90 Å². The summed E-state index contributed by atoms with van der Waals surface area (Å²) >= 11 is 0. The molecular weight excluding hydrogens is 420 g/mol. The lowest BCUT2D eigenvalue weighted by Gasteiger charge is -2.34. The minimum absolute atomic E-state index is 0.0712. The highest BCUT2D eigenvalue weighted by Crippen LogP contribution is 2.34. The Morgan fingerprint density at radius 1 is 1.27 bits per heavy atom. The molecule has 2 heterocycles. The van der Waals surface area contributed by atoms with Crippen LogP contribution in [0.15, 0.2) is 29.1 Å². The van der Waals surface area contributed by atoms with Crippen LogP contribution in [0.4, 0.5) is 0 Å². The van der Waals surface area contributed by atoms with Gasteiger partial charge in [0.15, 0.2) is 5.82 Å². The first-order chi connectivity index (χ1) is 16.0. The number of aromatic nitrogens is 5. The summed E-state index contributed by atoms with van der Waals surface area (Å²) in [6, 6.07) is 7.87. The van der Waals surface area contributed by atoms with Gasteiger partial charge in [-0.25, -0.2) is 4.68 Å². The number of nitrogens with one attached hydrogen (secondary N) is 1. The molecule has 1 atom stereocenters. The number of nitrogens with zero attached hydrogens (tertiary/aromatic N) is 5. The number of hydrogen-bond donors (Lipinski definition) is 2. The summed E-state index contributed by atoms with van der Waals surface area (Å²) in [5, 5.41) is 23.3. The van der Waals surface area contributed by atoms with Gasteiger partial charge in [0.1, 0.15) is 5.75 Å². The maximum absolute atomic E-state index is 13.0. The number of aliphatic hydroxyl groups excluding tert-OH is 1. The summed E-state index contributed by atoms with van der Waals surface area (Å²) in [6.07, 6.45) is 5.18. The molecule has 1 aromatic carbocycles. The van der Waals surface area contributed by atoms with Crippen LogP contribution in [0.5, 0.6) is 5.75 Å². The molecular formula is C24H34N6O3. The van der Waals surface area contributed by atoms with E-state index in [1.165, 1.54) is 12.8 Å². The molecule has 1 fully saturated rings. The van der Waals surface area contributed by atoms with Crippen molar-refractivity contribution in [1.29, 1.82) is 0 Å². The SMILES string of the molecule is COc1ccc2cc(CN(CCCO)[C@@H](c3nnnn3C3CCCC3)C(C)C)c(=O)[nH]c2c1. The highest BCUT2D eigenvalue weighted by Gasteiger charge is 2.32. The largest absolute Gasteiger partial charge is 0.497 e. The first-order valence-electron chi connectivity index (χ1n) is 11.8. The molecule has 4 rings (SSSR count). The fourth-order valence-electron chi connectivity index (χ4n) is 4.97. The fourth-order valence-corrected chi connectivity index (χ4v) is 4.97. The predicted molar refractivity (Wildman–Crippen MR) is 126 cm³/mol. The summed E-state index contributed by atoms with van der Waals surface area (Å²) in [6.45, 7) is 5.47. The van der Waals surface area contributed by atoms with E-state index >= 15 is 0 Å². The Kier molecular flexibility index (Phi) is 7.39. The lowest BCUT2D eigenvalue weighted by atomic mass is 9.99. The van der Waals surface area contributed by atoms with Crippen LogP contribution in [-0.2, 0) is 6.54 Å². The molecule has 3 aromatic rings. The Labute approximate surface area is 193 Å². The zero-order valence-corrected chi connectivity index (χ0v) is 19.7. The molecule has 0 aliphatic heterocycles. The number of pyridine rings is 1. The third-order valence-electron chi connectivity index (χ3n) is 6.59. The van der Waals surface area contributed by atoms with Gasteiger partial charge in [-0.3, -0.25) is 9.69 Å². The quantitative estimate of drug-likeness (QED) is 0.484. The lowest BCUT2D eigenvalue weighted by molar-refractivity contribution is 0.120. The van der Waals surface area contributed by atoms with Gasteiger partial charge < -0.3 is 14.8 Å². The van der Waals surface area contributed by atoms with Crippen LogP contribution < -0.4 is 10.3 Å². The molecule has 9 heteroatoms. The normalized spacial score (nSPS) is 15.7. The highest BCUT2D eigenvalue weighted by molar-refractivity contribution is 5.80. The van der Waals surface area contributed by atoms with Crippen LogP contribution >= 0.6 is 0 Å². The molecule has 1 saturated carbocycles. The summed E-state index contributed by atoms with van der Waals surface area (Å²) < 4.78 is 7.28. The van der Waals surface area contributed by atoms with Gasteiger partial charge in [-0.2, -0.15) is 0 Å². The fraction of sp³-hybridized carbons (Fsp3) is 0.583. The number of benzene rings is 1. The van der Waals surface area contributed by atoms with Gasteiger partial charge in [0.05, 0.1) is 24.7 Å². The van der Waals surface area contributed by atoms with E-state index in [0.717, 1.165) is 29.6 Å². The second-order valence-electron chi connectivity index (χ2n) is 9.23. The smallest absolute Gasteiger partial charge is 0.252 e. The van der Waals surface area contributed by atoms with Crippen LogP contribution in [0.3, 0.4) is 0 Å². The Hall–Kier alpha value is -2.78. The Morgan fingerprint density at radius 3 is 2.76 bits per heavy atom. The number of rotatable bonds is 10. The molecule has 0 amide bonds. The van der Waals surface area contributed by atoms with E-state index in [1.807, 2.05) is 28.9 Å². The van der Waals surface area contributed by atoms with Crippen molar-refractivity contribution in [2.24, 2.45) is 5.92 Å². The molecule has 9 nitrogen and oxygen atoms in total. The molecule has 2 aromatic heterocycles. The summed E-state index contributed by atoms with van der Waals surface area (Å²) in [7, 11) is 1.61. The van der Waals surface area contributed by atoms with E-state index in [-0.39, 0.29) is 24.1 Å². The Balaban J connectivity index is 1.69. The number of methoxy groups -OCH3 is 1.